The molecule has 0 saturated carbocycles. The number of carbonyl (C=O) groups excluding carboxylic acids is 1. The van der Waals surface area contributed by atoms with Gasteiger partial charge in [0.15, 0.2) is 0 Å². The van der Waals surface area contributed by atoms with Crippen LogP contribution in [0.4, 0.5) is 4.79 Å². The molecular formula is C24H27Cl2N5O. The van der Waals surface area contributed by atoms with E-state index in [1.807, 2.05) is 76.1 Å². The summed E-state index contributed by atoms with van der Waals surface area (Å²) < 4.78 is 2.00. The molecular weight excluding hydrogens is 445 g/mol. The van der Waals surface area contributed by atoms with Gasteiger partial charge >= 0.3 is 6.03 Å². The molecule has 2 aromatic carbocycles. The topological polar surface area (TPSA) is 53.4 Å². The van der Waals surface area contributed by atoms with Crippen LogP contribution in [0, 0.1) is 0 Å². The van der Waals surface area contributed by atoms with E-state index < -0.39 is 0 Å². The molecule has 0 radical (unpaired) electrons. The van der Waals surface area contributed by atoms with Crippen LogP contribution in [-0.4, -0.2) is 44.5 Å². The number of likely N-dealkylation sites (tertiary alicyclic amines) is 1. The summed E-state index contributed by atoms with van der Waals surface area (Å²) in [6, 6.07) is 15.6. The first kappa shape index (κ1) is 22.6. The van der Waals surface area contributed by atoms with Crippen molar-refractivity contribution in [3.8, 4) is 0 Å². The number of aromatic nitrogens is 2. The van der Waals surface area contributed by atoms with E-state index in [0.717, 1.165) is 36.3 Å². The first-order chi connectivity index (χ1) is 15.5. The third kappa shape index (κ3) is 5.82. The summed E-state index contributed by atoms with van der Waals surface area (Å²) in [4.78, 5) is 21.4. The van der Waals surface area contributed by atoms with Gasteiger partial charge in [0.05, 0.1) is 12.0 Å². The molecule has 1 aromatic heterocycles. The van der Waals surface area contributed by atoms with Gasteiger partial charge in [-0.1, -0.05) is 47.5 Å². The quantitative estimate of drug-likeness (QED) is 0.542. The molecule has 1 saturated heterocycles. The Kier molecular flexibility index (Phi) is 7.35. The zero-order valence-electron chi connectivity index (χ0n) is 18.0. The number of nitrogens with zero attached hydrogens (tertiary/aromatic N) is 4. The number of amides is 2. The molecule has 0 bridgehead atoms. The molecule has 0 aliphatic carbocycles. The molecule has 1 aliphatic heterocycles. The third-order valence-corrected chi connectivity index (χ3v) is 6.21. The van der Waals surface area contributed by atoms with Gasteiger partial charge in [0.1, 0.15) is 0 Å². The van der Waals surface area contributed by atoms with Gasteiger partial charge in [-0.2, -0.15) is 0 Å². The fraction of sp³-hybridized carbons (Fsp3) is 0.333. The number of urea groups is 1. The van der Waals surface area contributed by atoms with E-state index in [1.54, 1.807) is 6.33 Å². The molecule has 1 aliphatic rings. The highest BCUT2D eigenvalue weighted by molar-refractivity contribution is 6.30. The van der Waals surface area contributed by atoms with Crippen molar-refractivity contribution in [3.05, 3.63) is 87.9 Å². The Hall–Kier alpha value is -2.54. The Bertz CT molecular complexity index is 1020. The van der Waals surface area contributed by atoms with Gasteiger partial charge in [-0.3, -0.25) is 0 Å². The second kappa shape index (κ2) is 10.4. The Labute approximate surface area is 198 Å². The molecule has 0 spiro atoms. The maximum Gasteiger partial charge on any atom is 0.320 e. The van der Waals surface area contributed by atoms with Gasteiger partial charge in [0.2, 0.25) is 0 Å². The van der Waals surface area contributed by atoms with Crippen LogP contribution in [0.5, 0.6) is 0 Å². The van der Waals surface area contributed by atoms with Crippen molar-refractivity contribution in [1.29, 1.82) is 0 Å². The highest BCUT2D eigenvalue weighted by atomic mass is 35.5. The summed E-state index contributed by atoms with van der Waals surface area (Å²) in [5.74, 6) is 0. The lowest BCUT2D eigenvalue weighted by Crippen LogP contribution is -2.43. The van der Waals surface area contributed by atoms with Crippen LogP contribution in [0.3, 0.4) is 0 Å². The second-order valence-electron chi connectivity index (χ2n) is 8.21. The summed E-state index contributed by atoms with van der Waals surface area (Å²) in [5.41, 5.74) is 3.12. The molecule has 0 unspecified atom stereocenters. The molecule has 3 aromatic rings. The number of benzene rings is 2. The van der Waals surface area contributed by atoms with Crippen LogP contribution < -0.4 is 5.32 Å². The lowest BCUT2D eigenvalue weighted by Gasteiger charge is -2.29. The largest absolute Gasteiger partial charge is 0.337 e. The minimum absolute atomic E-state index is 0.0229. The van der Waals surface area contributed by atoms with Crippen LogP contribution in [0.25, 0.3) is 0 Å². The highest BCUT2D eigenvalue weighted by Gasteiger charge is 2.29. The third-order valence-electron chi connectivity index (χ3n) is 5.74. The Morgan fingerprint density at radius 3 is 2.34 bits per heavy atom. The number of aryl methyl sites for hydroxylation is 1. The molecule has 2 amide bonds. The number of imidazole rings is 1. The van der Waals surface area contributed by atoms with Crippen molar-refractivity contribution < 1.29 is 4.79 Å². The zero-order valence-corrected chi connectivity index (χ0v) is 19.6. The van der Waals surface area contributed by atoms with E-state index in [-0.39, 0.29) is 12.1 Å². The number of rotatable bonds is 7. The highest BCUT2D eigenvalue weighted by Crippen LogP contribution is 2.20. The predicted octanol–water partition coefficient (Wildman–Crippen LogP) is 4.71. The van der Waals surface area contributed by atoms with Crippen LogP contribution in [0.1, 0.15) is 23.2 Å². The summed E-state index contributed by atoms with van der Waals surface area (Å²) in [6.07, 6.45) is 4.58. The van der Waals surface area contributed by atoms with Crippen molar-refractivity contribution >= 4 is 29.2 Å². The average molecular weight is 472 g/mol. The van der Waals surface area contributed by atoms with E-state index in [9.17, 15) is 4.79 Å². The first-order valence-corrected chi connectivity index (χ1v) is 11.4. The number of carbonyl (C=O) groups is 1. The maximum absolute atomic E-state index is 13.5. The minimum Gasteiger partial charge on any atom is -0.337 e. The molecule has 1 N–H and O–H groups in total. The van der Waals surface area contributed by atoms with Gasteiger partial charge in [0, 0.05) is 62.1 Å². The molecule has 6 nitrogen and oxygen atoms in total. The van der Waals surface area contributed by atoms with Crippen molar-refractivity contribution in [3.63, 3.8) is 0 Å². The van der Waals surface area contributed by atoms with Gasteiger partial charge < -0.3 is 19.7 Å². The average Bonchev–Trinajstić information content (AvgIpc) is 3.40. The van der Waals surface area contributed by atoms with Gasteiger partial charge in [0.25, 0.3) is 0 Å². The van der Waals surface area contributed by atoms with E-state index in [1.165, 1.54) is 0 Å². The molecule has 32 heavy (non-hydrogen) atoms. The van der Waals surface area contributed by atoms with Crippen molar-refractivity contribution in [2.75, 3.05) is 13.1 Å². The number of hydrogen-bond acceptors (Lipinski definition) is 3. The fourth-order valence-corrected chi connectivity index (χ4v) is 4.43. The van der Waals surface area contributed by atoms with Crippen LogP contribution in [0.15, 0.2) is 61.1 Å². The van der Waals surface area contributed by atoms with Crippen LogP contribution in [0.2, 0.25) is 10.0 Å². The lowest BCUT2D eigenvalue weighted by atomic mass is 10.1. The summed E-state index contributed by atoms with van der Waals surface area (Å²) in [7, 11) is 1.98. The van der Waals surface area contributed by atoms with Gasteiger partial charge in [-0.05, 0) is 41.8 Å². The minimum atomic E-state index is 0.0229. The van der Waals surface area contributed by atoms with Crippen molar-refractivity contribution in [2.24, 2.45) is 7.05 Å². The fourth-order valence-electron chi connectivity index (χ4n) is 4.01. The number of hydrogen-bond donors (Lipinski definition) is 1. The number of halogens is 2. The Morgan fingerprint density at radius 1 is 1.12 bits per heavy atom. The van der Waals surface area contributed by atoms with Gasteiger partial charge in [-0.25, -0.2) is 9.78 Å². The normalized spacial score (nSPS) is 15.8. The number of nitrogens with one attached hydrogen (secondary N) is 1. The van der Waals surface area contributed by atoms with E-state index in [4.69, 9.17) is 23.2 Å². The Balaban J connectivity index is 1.43. The zero-order chi connectivity index (χ0) is 22.5. The molecule has 4 rings (SSSR count). The van der Waals surface area contributed by atoms with Crippen molar-refractivity contribution in [1.82, 2.24) is 24.7 Å². The molecule has 1 fully saturated rings. The molecule has 2 heterocycles. The standard InChI is InChI=1S/C24H27Cl2N5O/c1-29-17-27-12-23(29)13-28-22-8-9-30(16-22)24(32)31(14-18-4-2-6-20(25)10-18)15-19-5-3-7-21(26)11-19/h2-7,10-12,17,22,28H,8-9,13-16H2,1H3/t22-/m0/s1. The van der Waals surface area contributed by atoms with Crippen molar-refractivity contribution in [2.45, 2.75) is 32.1 Å². The summed E-state index contributed by atoms with van der Waals surface area (Å²) >= 11 is 12.4. The van der Waals surface area contributed by atoms with Gasteiger partial charge in [-0.15, -0.1) is 0 Å². The second-order valence-corrected chi connectivity index (χ2v) is 9.08. The van der Waals surface area contributed by atoms with E-state index >= 15 is 0 Å². The smallest absolute Gasteiger partial charge is 0.320 e. The lowest BCUT2D eigenvalue weighted by molar-refractivity contribution is 0.156. The van der Waals surface area contributed by atoms with Crippen LogP contribution >= 0.6 is 23.2 Å². The van der Waals surface area contributed by atoms with E-state index in [0.29, 0.717) is 29.7 Å². The first-order valence-electron chi connectivity index (χ1n) is 10.7. The monoisotopic (exact) mass is 471 g/mol. The predicted molar refractivity (Wildman–Crippen MR) is 128 cm³/mol. The summed E-state index contributed by atoms with van der Waals surface area (Å²) in [5, 5.41) is 4.88. The SMILES string of the molecule is Cn1cncc1CN[C@H]1CCN(C(=O)N(Cc2cccc(Cl)c2)Cc2cccc(Cl)c2)C1. The van der Waals surface area contributed by atoms with Crippen LogP contribution in [-0.2, 0) is 26.7 Å². The molecule has 168 valence electrons. The maximum atomic E-state index is 13.5. The molecule has 1 atom stereocenters. The summed E-state index contributed by atoms with van der Waals surface area (Å²) in [6.45, 7) is 3.10. The molecule has 8 heteroatoms. The Morgan fingerprint density at radius 2 is 1.78 bits per heavy atom. The van der Waals surface area contributed by atoms with E-state index in [2.05, 4.69) is 10.3 Å².